The van der Waals surface area contributed by atoms with Crippen molar-refractivity contribution in [3.8, 4) is 0 Å². The van der Waals surface area contributed by atoms with Gasteiger partial charge in [0, 0.05) is 19.2 Å². The first-order valence-electron chi connectivity index (χ1n) is 6.89. The standard InChI is InChI=1S/C14H20ClN3O2/c1-3-16-13-8-9(7-12(15)18-13)14(19)17-10-5-4-6-11(10)20-2/h7-8,10-11H,3-6H2,1-2H3,(H,16,18)(H,17,19). The second-order valence-corrected chi connectivity index (χ2v) is 5.27. The van der Waals surface area contributed by atoms with Crippen LogP contribution in [0.1, 0.15) is 36.5 Å². The van der Waals surface area contributed by atoms with Gasteiger partial charge in [0.05, 0.1) is 12.1 Å². The predicted octanol–water partition coefficient (Wildman–Crippen LogP) is 2.46. The summed E-state index contributed by atoms with van der Waals surface area (Å²) >= 11 is 5.95. The SMILES string of the molecule is CCNc1cc(C(=O)NC2CCCC2OC)cc(Cl)n1. The van der Waals surface area contributed by atoms with E-state index in [2.05, 4.69) is 15.6 Å². The Bertz CT molecular complexity index is 481. The number of pyridine rings is 1. The molecule has 0 aliphatic heterocycles. The Hall–Kier alpha value is -1.33. The number of nitrogens with zero attached hydrogens (tertiary/aromatic N) is 1. The Morgan fingerprint density at radius 3 is 3.00 bits per heavy atom. The van der Waals surface area contributed by atoms with Crippen molar-refractivity contribution >= 4 is 23.3 Å². The fraction of sp³-hybridized carbons (Fsp3) is 0.571. The zero-order chi connectivity index (χ0) is 14.5. The average molecular weight is 298 g/mol. The van der Waals surface area contributed by atoms with Crippen molar-refractivity contribution in [2.24, 2.45) is 0 Å². The number of anilines is 1. The maximum atomic E-state index is 12.3. The van der Waals surface area contributed by atoms with E-state index in [0.29, 0.717) is 16.5 Å². The van der Waals surface area contributed by atoms with E-state index in [4.69, 9.17) is 16.3 Å². The van der Waals surface area contributed by atoms with Gasteiger partial charge in [0.25, 0.3) is 5.91 Å². The van der Waals surface area contributed by atoms with Crippen molar-refractivity contribution in [3.05, 3.63) is 22.8 Å². The Balaban J connectivity index is 2.08. The van der Waals surface area contributed by atoms with Gasteiger partial charge in [0.2, 0.25) is 0 Å². The van der Waals surface area contributed by atoms with Gasteiger partial charge >= 0.3 is 0 Å². The average Bonchev–Trinajstić information content (AvgIpc) is 2.85. The van der Waals surface area contributed by atoms with Crippen LogP contribution in [-0.4, -0.2) is 36.7 Å². The Morgan fingerprint density at radius 1 is 1.50 bits per heavy atom. The highest BCUT2D eigenvalue weighted by molar-refractivity contribution is 6.29. The van der Waals surface area contributed by atoms with Gasteiger partial charge in [0.1, 0.15) is 11.0 Å². The normalized spacial score (nSPS) is 21.8. The number of halogens is 1. The van der Waals surface area contributed by atoms with Gasteiger partial charge in [-0.05, 0) is 38.3 Å². The number of carbonyl (C=O) groups is 1. The maximum absolute atomic E-state index is 12.3. The molecular weight excluding hydrogens is 278 g/mol. The Labute approximate surface area is 124 Å². The first kappa shape index (κ1) is 15.1. The molecule has 2 unspecified atom stereocenters. The molecule has 20 heavy (non-hydrogen) atoms. The molecule has 2 rings (SSSR count). The zero-order valence-electron chi connectivity index (χ0n) is 11.8. The molecule has 1 amide bonds. The fourth-order valence-electron chi connectivity index (χ4n) is 2.52. The molecule has 1 heterocycles. The van der Waals surface area contributed by atoms with E-state index in [9.17, 15) is 4.79 Å². The molecule has 2 N–H and O–H groups in total. The van der Waals surface area contributed by atoms with Crippen LogP contribution in [0.4, 0.5) is 5.82 Å². The Kier molecular flexibility index (Phi) is 5.20. The first-order valence-corrected chi connectivity index (χ1v) is 7.27. The quantitative estimate of drug-likeness (QED) is 0.820. The summed E-state index contributed by atoms with van der Waals surface area (Å²) in [6.45, 7) is 2.69. The minimum absolute atomic E-state index is 0.0713. The molecule has 0 radical (unpaired) electrons. The van der Waals surface area contributed by atoms with Crippen molar-refractivity contribution in [2.45, 2.75) is 38.3 Å². The van der Waals surface area contributed by atoms with Gasteiger partial charge in [-0.25, -0.2) is 4.98 Å². The molecule has 5 nitrogen and oxygen atoms in total. The van der Waals surface area contributed by atoms with Crippen LogP contribution in [0.3, 0.4) is 0 Å². The van der Waals surface area contributed by atoms with E-state index in [1.807, 2.05) is 6.92 Å². The van der Waals surface area contributed by atoms with E-state index >= 15 is 0 Å². The lowest BCUT2D eigenvalue weighted by Crippen LogP contribution is -2.40. The van der Waals surface area contributed by atoms with E-state index in [0.717, 1.165) is 25.8 Å². The molecule has 1 aliphatic carbocycles. The van der Waals surface area contributed by atoms with Crippen LogP contribution in [0.5, 0.6) is 0 Å². The van der Waals surface area contributed by atoms with Gasteiger partial charge < -0.3 is 15.4 Å². The zero-order valence-corrected chi connectivity index (χ0v) is 12.5. The number of carbonyl (C=O) groups excluding carboxylic acids is 1. The highest BCUT2D eigenvalue weighted by Crippen LogP contribution is 2.22. The molecule has 0 spiro atoms. The number of rotatable bonds is 5. The van der Waals surface area contributed by atoms with Crippen LogP contribution in [-0.2, 0) is 4.74 Å². The van der Waals surface area contributed by atoms with Crippen LogP contribution < -0.4 is 10.6 Å². The minimum atomic E-state index is -0.137. The summed E-state index contributed by atoms with van der Waals surface area (Å²) in [5.41, 5.74) is 0.516. The van der Waals surface area contributed by atoms with Crippen molar-refractivity contribution in [3.63, 3.8) is 0 Å². The van der Waals surface area contributed by atoms with Crippen molar-refractivity contribution in [1.29, 1.82) is 0 Å². The second-order valence-electron chi connectivity index (χ2n) is 4.88. The number of nitrogens with one attached hydrogen (secondary N) is 2. The van der Waals surface area contributed by atoms with Gasteiger partial charge in [0.15, 0.2) is 0 Å². The van der Waals surface area contributed by atoms with Gasteiger partial charge in [-0.1, -0.05) is 11.6 Å². The monoisotopic (exact) mass is 297 g/mol. The van der Waals surface area contributed by atoms with Gasteiger partial charge in [-0.2, -0.15) is 0 Å². The molecule has 2 atom stereocenters. The van der Waals surface area contributed by atoms with Crippen molar-refractivity contribution in [2.75, 3.05) is 19.0 Å². The maximum Gasteiger partial charge on any atom is 0.251 e. The molecule has 0 aromatic carbocycles. The lowest BCUT2D eigenvalue weighted by atomic mass is 10.2. The number of amides is 1. The molecule has 1 saturated carbocycles. The lowest BCUT2D eigenvalue weighted by molar-refractivity contribution is 0.0722. The fourth-order valence-corrected chi connectivity index (χ4v) is 2.73. The van der Waals surface area contributed by atoms with Crippen molar-refractivity contribution < 1.29 is 9.53 Å². The summed E-state index contributed by atoms with van der Waals surface area (Å²) in [7, 11) is 1.68. The van der Waals surface area contributed by atoms with Crippen LogP contribution >= 0.6 is 11.6 Å². The molecule has 6 heteroatoms. The number of aromatic nitrogens is 1. The van der Waals surface area contributed by atoms with E-state index in [-0.39, 0.29) is 18.1 Å². The third-order valence-corrected chi connectivity index (χ3v) is 3.68. The molecular formula is C14H20ClN3O2. The summed E-state index contributed by atoms with van der Waals surface area (Å²) < 4.78 is 5.38. The number of ether oxygens (including phenoxy) is 1. The summed E-state index contributed by atoms with van der Waals surface area (Å²) in [5, 5.41) is 6.38. The third kappa shape index (κ3) is 3.61. The van der Waals surface area contributed by atoms with E-state index in [1.54, 1.807) is 19.2 Å². The number of hydrogen-bond donors (Lipinski definition) is 2. The molecule has 0 bridgehead atoms. The first-order chi connectivity index (χ1) is 9.63. The lowest BCUT2D eigenvalue weighted by Gasteiger charge is -2.19. The largest absolute Gasteiger partial charge is 0.379 e. The summed E-state index contributed by atoms with van der Waals surface area (Å²) in [5.74, 6) is 0.474. The van der Waals surface area contributed by atoms with Crippen molar-refractivity contribution in [1.82, 2.24) is 10.3 Å². The van der Waals surface area contributed by atoms with E-state index in [1.165, 1.54) is 0 Å². The smallest absolute Gasteiger partial charge is 0.251 e. The number of hydrogen-bond acceptors (Lipinski definition) is 4. The topological polar surface area (TPSA) is 63.2 Å². The van der Waals surface area contributed by atoms with Crippen LogP contribution in [0.15, 0.2) is 12.1 Å². The number of methoxy groups -OCH3 is 1. The highest BCUT2D eigenvalue weighted by Gasteiger charge is 2.28. The van der Waals surface area contributed by atoms with Gasteiger partial charge in [-0.3, -0.25) is 4.79 Å². The molecule has 0 saturated heterocycles. The van der Waals surface area contributed by atoms with Crippen LogP contribution in [0, 0.1) is 0 Å². The highest BCUT2D eigenvalue weighted by atomic mass is 35.5. The summed E-state index contributed by atoms with van der Waals surface area (Å²) in [4.78, 5) is 16.4. The molecule has 1 fully saturated rings. The Morgan fingerprint density at radius 2 is 2.30 bits per heavy atom. The second kappa shape index (κ2) is 6.90. The van der Waals surface area contributed by atoms with Crippen LogP contribution in [0.2, 0.25) is 5.15 Å². The molecule has 1 aromatic rings. The molecule has 1 aromatic heterocycles. The van der Waals surface area contributed by atoms with Crippen LogP contribution in [0.25, 0.3) is 0 Å². The molecule has 1 aliphatic rings. The van der Waals surface area contributed by atoms with Gasteiger partial charge in [-0.15, -0.1) is 0 Å². The predicted molar refractivity (Wildman–Crippen MR) is 79.3 cm³/mol. The molecule has 110 valence electrons. The van der Waals surface area contributed by atoms with E-state index < -0.39 is 0 Å². The third-order valence-electron chi connectivity index (χ3n) is 3.49. The summed E-state index contributed by atoms with van der Waals surface area (Å²) in [6.07, 6.45) is 3.11. The minimum Gasteiger partial charge on any atom is -0.379 e. The summed E-state index contributed by atoms with van der Waals surface area (Å²) in [6, 6.07) is 3.36.